The van der Waals surface area contributed by atoms with Gasteiger partial charge in [-0.05, 0) is 25.7 Å². The molecule has 0 aliphatic carbocycles. The van der Waals surface area contributed by atoms with Crippen LogP contribution in [-0.4, -0.2) is 9.78 Å². The van der Waals surface area contributed by atoms with Gasteiger partial charge in [-0.15, -0.1) is 0 Å². The standard InChI is InChI=1S/C14H26N2O/c1-4-7-10-12-13(9-6-3)15-16(14(12)17)11-8-5-2/h15H,4-11H2,1-3H3. The fourth-order valence-electron chi connectivity index (χ4n) is 2.11. The Labute approximate surface area is 104 Å². The van der Waals surface area contributed by atoms with Crippen LogP contribution in [0.2, 0.25) is 0 Å². The summed E-state index contributed by atoms with van der Waals surface area (Å²) in [6, 6.07) is 0. The predicted molar refractivity (Wildman–Crippen MR) is 72.6 cm³/mol. The minimum absolute atomic E-state index is 0.218. The summed E-state index contributed by atoms with van der Waals surface area (Å²) in [5.74, 6) is 0. The summed E-state index contributed by atoms with van der Waals surface area (Å²) in [7, 11) is 0. The SMILES string of the molecule is CCCCc1c(CCC)[nH]n(CCCC)c1=O. The highest BCUT2D eigenvalue weighted by molar-refractivity contribution is 5.17. The van der Waals surface area contributed by atoms with Crippen LogP contribution >= 0.6 is 0 Å². The second kappa shape index (κ2) is 7.36. The van der Waals surface area contributed by atoms with E-state index in [0.717, 1.165) is 57.1 Å². The Hall–Kier alpha value is -0.990. The summed E-state index contributed by atoms with van der Waals surface area (Å²) in [6.07, 6.45) is 7.46. The zero-order valence-electron chi connectivity index (χ0n) is 11.5. The van der Waals surface area contributed by atoms with Crippen molar-refractivity contribution in [1.29, 1.82) is 0 Å². The summed E-state index contributed by atoms with van der Waals surface area (Å²) in [4.78, 5) is 12.2. The molecule has 0 atom stereocenters. The molecule has 3 nitrogen and oxygen atoms in total. The molecule has 1 heterocycles. The molecule has 1 N–H and O–H groups in total. The minimum Gasteiger partial charge on any atom is -0.299 e. The Bertz CT molecular complexity index is 376. The van der Waals surface area contributed by atoms with Crippen molar-refractivity contribution in [2.75, 3.05) is 0 Å². The summed E-state index contributed by atoms with van der Waals surface area (Å²) < 4.78 is 1.81. The summed E-state index contributed by atoms with van der Waals surface area (Å²) in [5, 5.41) is 3.30. The molecule has 3 heteroatoms. The topological polar surface area (TPSA) is 37.8 Å². The molecule has 0 aliphatic heterocycles. The monoisotopic (exact) mass is 238 g/mol. The fourth-order valence-corrected chi connectivity index (χ4v) is 2.11. The molecule has 0 radical (unpaired) electrons. The van der Waals surface area contributed by atoms with Crippen molar-refractivity contribution in [3.63, 3.8) is 0 Å². The van der Waals surface area contributed by atoms with E-state index in [-0.39, 0.29) is 5.56 Å². The Morgan fingerprint density at radius 2 is 1.71 bits per heavy atom. The third-order valence-corrected chi connectivity index (χ3v) is 3.15. The van der Waals surface area contributed by atoms with Crippen LogP contribution in [0.15, 0.2) is 4.79 Å². The lowest BCUT2D eigenvalue weighted by atomic mass is 10.1. The maximum atomic E-state index is 12.2. The zero-order chi connectivity index (χ0) is 12.7. The van der Waals surface area contributed by atoms with Crippen LogP contribution in [0, 0.1) is 0 Å². The first kappa shape index (κ1) is 14.1. The van der Waals surface area contributed by atoms with Crippen molar-refractivity contribution in [2.24, 2.45) is 0 Å². The molecule has 0 amide bonds. The molecule has 0 bridgehead atoms. The third-order valence-electron chi connectivity index (χ3n) is 3.15. The maximum absolute atomic E-state index is 12.2. The van der Waals surface area contributed by atoms with Gasteiger partial charge in [0.15, 0.2) is 0 Å². The summed E-state index contributed by atoms with van der Waals surface area (Å²) in [6.45, 7) is 7.31. The maximum Gasteiger partial charge on any atom is 0.269 e. The van der Waals surface area contributed by atoms with Crippen LogP contribution in [-0.2, 0) is 19.4 Å². The highest BCUT2D eigenvalue weighted by atomic mass is 16.1. The molecule has 0 unspecified atom stereocenters. The number of nitrogens with zero attached hydrogens (tertiary/aromatic N) is 1. The average molecular weight is 238 g/mol. The molecule has 0 saturated heterocycles. The Morgan fingerprint density at radius 3 is 2.29 bits per heavy atom. The van der Waals surface area contributed by atoms with Gasteiger partial charge in [-0.3, -0.25) is 14.6 Å². The van der Waals surface area contributed by atoms with E-state index in [1.807, 2.05) is 0 Å². The number of unbranched alkanes of at least 4 members (excludes halogenated alkanes) is 2. The van der Waals surface area contributed by atoms with E-state index >= 15 is 0 Å². The van der Waals surface area contributed by atoms with Gasteiger partial charge in [0.2, 0.25) is 0 Å². The second-order valence-corrected chi connectivity index (χ2v) is 4.73. The Morgan fingerprint density at radius 1 is 1.00 bits per heavy atom. The molecular formula is C14H26N2O. The van der Waals surface area contributed by atoms with Gasteiger partial charge in [0.25, 0.3) is 5.56 Å². The molecule has 98 valence electrons. The average Bonchev–Trinajstić information content (AvgIpc) is 2.61. The minimum atomic E-state index is 0.218. The van der Waals surface area contributed by atoms with Crippen LogP contribution in [0.5, 0.6) is 0 Å². The van der Waals surface area contributed by atoms with E-state index in [0.29, 0.717) is 0 Å². The number of aryl methyl sites for hydroxylation is 2. The smallest absolute Gasteiger partial charge is 0.269 e. The number of nitrogens with one attached hydrogen (secondary N) is 1. The zero-order valence-corrected chi connectivity index (χ0v) is 11.5. The van der Waals surface area contributed by atoms with E-state index < -0.39 is 0 Å². The largest absolute Gasteiger partial charge is 0.299 e. The van der Waals surface area contributed by atoms with Gasteiger partial charge in [-0.1, -0.05) is 40.0 Å². The number of rotatable bonds is 8. The van der Waals surface area contributed by atoms with Crippen molar-refractivity contribution < 1.29 is 0 Å². The number of hydrogen-bond donors (Lipinski definition) is 1. The molecular weight excluding hydrogens is 212 g/mol. The molecule has 1 aromatic heterocycles. The van der Waals surface area contributed by atoms with Crippen molar-refractivity contribution in [3.8, 4) is 0 Å². The fraction of sp³-hybridized carbons (Fsp3) is 0.786. The third kappa shape index (κ3) is 3.76. The van der Waals surface area contributed by atoms with Crippen molar-refractivity contribution >= 4 is 0 Å². The molecule has 17 heavy (non-hydrogen) atoms. The quantitative estimate of drug-likeness (QED) is 0.741. The number of aromatic nitrogens is 2. The number of hydrogen-bond acceptors (Lipinski definition) is 1. The number of aromatic amines is 1. The van der Waals surface area contributed by atoms with E-state index in [1.54, 1.807) is 4.68 Å². The summed E-state index contributed by atoms with van der Waals surface area (Å²) >= 11 is 0. The van der Waals surface area contributed by atoms with Crippen molar-refractivity contribution in [3.05, 3.63) is 21.6 Å². The van der Waals surface area contributed by atoms with E-state index in [2.05, 4.69) is 25.9 Å². The van der Waals surface area contributed by atoms with E-state index in [4.69, 9.17) is 0 Å². The van der Waals surface area contributed by atoms with Gasteiger partial charge in [-0.2, -0.15) is 0 Å². The van der Waals surface area contributed by atoms with Crippen LogP contribution in [0.4, 0.5) is 0 Å². The molecule has 0 aliphatic rings. The van der Waals surface area contributed by atoms with Gasteiger partial charge >= 0.3 is 0 Å². The molecule has 0 saturated carbocycles. The van der Waals surface area contributed by atoms with Gasteiger partial charge in [0.1, 0.15) is 0 Å². The lowest BCUT2D eigenvalue weighted by Crippen LogP contribution is -2.19. The van der Waals surface area contributed by atoms with Crippen LogP contribution in [0.25, 0.3) is 0 Å². The van der Waals surface area contributed by atoms with Gasteiger partial charge < -0.3 is 0 Å². The van der Waals surface area contributed by atoms with Gasteiger partial charge in [0.05, 0.1) is 0 Å². The van der Waals surface area contributed by atoms with Crippen LogP contribution in [0.3, 0.4) is 0 Å². The Balaban J connectivity index is 2.89. The summed E-state index contributed by atoms with van der Waals surface area (Å²) in [5.41, 5.74) is 2.42. The number of H-pyrrole nitrogens is 1. The van der Waals surface area contributed by atoms with Crippen molar-refractivity contribution in [2.45, 2.75) is 72.3 Å². The van der Waals surface area contributed by atoms with Gasteiger partial charge in [0, 0.05) is 17.8 Å². The first-order valence-electron chi connectivity index (χ1n) is 7.05. The lowest BCUT2D eigenvalue weighted by molar-refractivity contribution is 0.550. The molecule has 0 spiro atoms. The van der Waals surface area contributed by atoms with Gasteiger partial charge in [-0.25, -0.2) is 0 Å². The highest BCUT2D eigenvalue weighted by Gasteiger charge is 2.12. The van der Waals surface area contributed by atoms with E-state index in [9.17, 15) is 4.79 Å². The first-order valence-corrected chi connectivity index (χ1v) is 7.05. The van der Waals surface area contributed by atoms with Crippen LogP contribution < -0.4 is 5.56 Å². The molecule has 0 aromatic carbocycles. The van der Waals surface area contributed by atoms with Crippen molar-refractivity contribution in [1.82, 2.24) is 9.78 Å². The highest BCUT2D eigenvalue weighted by Crippen LogP contribution is 2.09. The molecule has 1 aromatic rings. The molecule has 0 fully saturated rings. The predicted octanol–water partition coefficient (Wildman–Crippen LogP) is 3.27. The Kier molecular flexibility index (Phi) is 6.09. The lowest BCUT2D eigenvalue weighted by Gasteiger charge is -1.99. The van der Waals surface area contributed by atoms with Crippen LogP contribution in [0.1, 0.15) is 64.1 Å². The van der Waals surface area contributed by atoms with E-state index in [1.165, 1.54) is 5.69 Å². The normalized spacial score (nSPS) is 11.0. The first-order chi connectivity index (χ1) is 8.24. The molecule has 1 rings (SSSR count). The second-order valence-electron chi connectivity index (χ2n) is 4.73.